The second-order valence-corrected chi connectivity index (χ2v) is 6.45. The Morgan fingerprint density at radius 3 is 2.48 bits per heavy atom. The molecular weight excluding hydrogens is 310 g/mol. The van der Waals surface area contributed by atoms with Crippen LogP contribution in [0.3, 0.4) is 0 Å². The highest BCUT2D eigenvalue weighted by Crippen LogP contribution is 2.32. The van der Waals surface area contributed by atoms with Crippen molar-refractivity contribution < 1.29 is 14.3 Å². The topological polar surface area (TPSA) is 46.6 Å². The minimum atomic E-state index is -0.387. The highest BCUT2D eigenvalue weighted by molar-refractivity contribution is 8.15. The summed E-state index contributed by atoms with van der Waals surface area (Å²) in [6, 6.07) is 17.1. The summed E-state index contributed by atoms with van der Waals surface area (Å²) in [5.74, 6) is 0.615. The van der Waals surface area contributed by atoms with Crippen LogP contribution in [0.15, 0.2) is 54.6 Å². The van der Waals surface area contributed by atoms with Crippen molar-refractivity contribution in [1.82, 2.24) is 4.90 Å². The van der Waals surface area contributed by atoms with Gasteiger partial charge in [0.05, 0.1) is 18.9 Å². The zero-order chi connectivity index (χ0) is 16.2. The normalized spacial score (nSPS) is 17.6. The van der Waals surface area contributed by atoms with E-state index in [2.05, 4.69) is 0 Å². The Morgan fingerprint density at radius 2 is 1.74 bits per heavy atom. The van der Waals surface area contributed by atoms with Gasteiger partial charge in [-0.25, -0.2) is 0 Å². The number of carbonyl (C=O) groups excluding carboxylic acids is 2. The van der Waals surface area contributed by atoms with Crippen LogP contribution in [-0.2, 0) is 17.8 Å². The molecule has 1 heterocycles. The standard InChI is InChI=1S/C18H17NO3S/c1-22-15-10-6-5-9-14(15)11-16-17(20)19(18(21)23-16)12-13-7-3-2-4-8-13/h2-10,16H,11-12H2,1H3/t16-/m0/s1. The minimum Gasteiger partial charge on any atom is -0.496 e. The second-order valence-electron chi connectivity index (χ2n) is 5.30. The lowest BCUT2D eigenvalue weighted by Gasteiger charge is -2.14. The van der Waals surface area contributed by atoms with Gasteiger partial charge in [0.15, 0.2) is 0 Å². The van der Waals surface area contributed by atoms with Crippen molar-refractivity contribution in [2.45, 2.75) is 18.2 Å². The van der Waals surface area contributed by atoms with Gasteiger partial charge in [0.25, 0.3) is 5.24 Å². The van der Waals surface area contributed by atoms with E-state index >= 15 is 0 Å². The van der Waals surface area contributed by atoms with E-state index in [1.165, 1.54) is 4.90 Å². The zero-order valence-electron chi connectivity index (χ0n) is 12.8. The first kappa shape index (κ1) is 15.6. The number of carbonyl (C=O) groups is 2. The van der Waals surface area contributed by atoms with E-state index in [0.717, 1.165) is 28.6 Å². The molecule has 0 aliphatic carbocycles. The van der Waals surface area contributed by atoms with Crippen molar-refractivity contribution in [2.75, 3.05) is 7.11 Å². The molecule has 0 N–H and O–H groups in total. The Bertz CT molecular complexity index is 717. The molecule has 2 aromatic rings. The molecule has 1 saturated heterocycles. The first-order valence-corrected chi connectivity index (χ1v) is 8.25. The molecule has 1 atom stereocenters. The molecule has 2 amide bonds. The molecule has 23 heavy (non-hydrogen) atoms. The van der Waals surface area contributed by atoms with E-state index in [4.69, 9.17) is 4.74 Å². The Hall–Kier alpha value is -2.27. The Balaban J connectivity index is 1.73. The predicted octanol–water partition coefficient (Wildman–Crippen LogP) is 3.50. The minimum absolute atomic E-state index is 0.130. The summed E-state index contributed by atoms with van der Waals surface area (Å²) in [7, 11) is 1.61. The van der Waals surface area contributed by atoms with Crippen molar-refractivity contribution in [3.05, 3.63) is 65.7 Å². The molecule has 118 valence electrons. The van der Waals surface area contributed by atoms with Gasteiger partial charge < -0.3 is 4.74 Å². The van der Waals surface area contributed by atoms with Crippen LogP contribution >= 0.6 is 11.8 Å². The Morgan fingerprint density at radius 1 is 1.04 bits per heavy atom. The SMILES string of the molecule is COc1ccccc1C[C@@H]1SC(=O)N(Cc2ccccc2)C1=O. The van der Waals surface area contributed by atoms with Crippen molar-refractivity contribution in [3.8, 4) is 5.75 Å². The number of rotatable bonds is 5. The van der Waals surface area contributed by atoms with E-state index in [0.29, 0.717) is 13.0 Å². The number of nitrogens with zero attached hydrogens (tertiary/aromatic N) is 1. The van der Waals surface area contributed by atoms with Crippen molar-refractivity contribution in [3.63, 3.8) is 0 Å². The summed E-state index contributed by atoms with van der Waals surface area (Å²) in [5.41, 5.74) is 1.89. The maximum atomic E-state index is 12.6. The molecule has 0 radical (unpaired) electrons. The van der Waals surface area contributed by atoms with E-state index in [9.17, 15) is 9.59 Å². The average Bonchev–Trinajstić information content (AvgIpc) is 2.84. The number of hydrogen-bond acceptors (Lipinski definition) is 4. The van der Waals surface area contributed by atoms with Gasteiger partial charge in [-0.1, -0.05) is 60.3 Å². The van der Waals surface area contributed by atoms with Crippen LogP contribution in [0.5, 0.6) is 5.75 Å². The third kappa shape index (κ3) is 3.40. The zero-order valence-corrected chi connectivity index (χ0v) is 13.6. The van der Waals surface area contributed by atoms with E-state index in [1.807, 2.05) is 54.6 Å². The predicted molar refractivity (Wildman–Crippen MR) is 90.5 cm³/mol. The highest BCUT2D eigenvalue weighted by Gasteiger charge is 2.39. The third-order valence-electron chi connectivity index (χ3n) is 3.79. The first-order valence-electron chi connectivity index (χ1n) is 7.37. The first-order chi connectivity index (χ1) is 11.2. The van der Waals surface area contributed by atoms with Gasteiger partial charge in [-0.2, -0.15) is 0 Å². The monoisotopic (exact) mass is 327 g/mol. The molecule has 4 nitrogen and oxygen atoms in total. The largest absolute Gasteiger partial charge is 0.496 e. The van der Waals surface area contributed by atoms with Crippen molar-refractivity contribution in [1.29, 1.82) is 0 Å². The van der Waals surface area contributed by atoms with Crippen LogP contribution in [-0.4, -0.2) is 28.4 Å². The van der Waals surface area contributed by atoms with E-state index < -0.39 is 0 Å². The molecule has 0 unspecified atom stereocenters. The number of amides is 2. The van der Waals surface area contributed by atoms with Gasteiger partial charge in [0, 0.05) is 0 Å². The van der Waals surface area contributed by atoms with Crippen molar-refractivity contribution in [2.24, 2.45) is 0 Å². The number of benzene rings is 2. The van der Waals surface area contributed by atoms with Crippen LogP contribution in [0.2, 0.25) is 0 Å². The van der Waals surface area contributed by atoms with Crippen LogP contribution in [0.25, 0.3) is 0 Å². The number of imide groups is 1. The quantitative estimate of drug-likeness (QED) is 0.843. The van der Waals surface area contributed by atoms with Crippen LogP contribution in [0, 0.1) is 0 Å². The molecular formula is C18H17NO3S. The average molecular weight is 327 g/mol. The number of para-hydroxylation sites is 1. The fraction of sp³-hybridized carbons (Fsp3) is 0.222. The molecule has 0 saturated carbocycles. The smallest absolute Gasteiger partial charge is 0.289 e. The fourth-order valence-electron chi connectivity index (χ4n) is 2.61. The lowest BCUT2D eigenvalue weighted by atomic mass is 10.1. The van der Waals surface area contributed by atoms with Gasteiger partial charge in [-0.05, 0) is 23.6 Å². The van der Waals surface area contributed by atoms with Gasteiger partial charge in [0.2, 0.25) is 5.91 Å². The van der Waals surface area contributed by atoms with Crippen LogP contribution < -0.4 is 4.74 Å². The Labute approximate surface area is 139 Å². The number of hydrogen-bond donors (Lipinski definition) is 0. The van der Waals surface area contributed by atoms with Gasteiger partial charge in [-0.3, -0.25) is 14.5 Å². The van der Waals surface area contributed by atoms with Gasteiger partial charge in [-0.15, -0.1) is 0 Å². The number of ether oxygens (including phenoxy) is 1. The maximum Gasteiger partial charge on any atom is 0.289 e. The third-order valence-corrected chi connectivity index (χ3v) is 4.86. The molecule has 1 aliphatic heterocycles. The van der Waals surface area contributed by atoms with E-state index in [-0.39, 0.29) is 16.4 Å². The summed E-state index contributed by atoms with van der Waals surface area (Å²) in [6.07, 6.45) is 0.491. The molecule has 2 aromatic carbocycles. The molecule has 1 aliphatic rings. The molecule has 0 aromatic heterocycles. The fourth-order valence-corrected chi connectivity index (χ4v) is 3.62. The highest BCUT2D eigenvalue weighted by atomic mass is 32.2. The Kier molecular flexibility index (Phi) is 4.67. The lowest BCUT2D eigenvalue weighted by molar-refractivity contribution is -0.127. The summed E-state index contributed by atoms with van der Waals surface area (Å²) in [5, 5.41) is -0.568. The van der Waals surface area contributed by atoms with E-state index in [1.54, 1.807) is 7.11 Å². The lowest BCUT2D eigenvalue weighted by Crippen LogP contribution is -2.31. The molecule has 0 bridgehead atoms. The van der Waals surface area contributed by atoms with Gasteiger partial charge >= 0.3 is 0 Å². The van der Waals surface area contributed by atoms with Crippen LogP contribution in [0.4, 0.5) is 4.79 Å². The molecule has 5 heteroatoms. The number of thioether (sulfide) groups is 1. The molecule has 0 spiro atoms. The second kappa shape index (κ2) is 6.87. The maximum absolute atomic E-state index is 12.6. The van der Waals surface area contributed by atoms with Crippen molar-refractivity contribution >= 4 is 22.9 Å². The van der Waals surface area contributed by atoms with Gasteiger partial charge in [0.1, 0.15) is 5.75 Å². The van der Waals surface area contributed by atoms with Crippen LogP contribution in [0.1, 0.15) is 11.1 Å². The summed E-state index contributed by atoms with van der Waals surface area (Å²) < 4.78 is 5.32. The summed E-state index contributed by atoms with van der Waals surface area (Å²) in [4.78, 5) is 26.1. The number of methoxy groups -OCH3 is 1. The molecule has 3 rings (SSSR count). The summed E-state index contributed by atoms with van der Waals surface area (Å²) >= 11 is 1.10. The molecule has 1 fully saturated rings. The summed E-state index contributed by atoms with van der Waals surface area (Å²) in [6.45, 7) is 0.327.